The Kier molecular flexibility index (Phi) is 4.37. The molecule has 1 aromatic carbocycles. The van der Waals surface area contributed by atoms with Crippen molar-refractivity contribution in [1.82, 2.24) is 10.1 Å². The number of hydrogen-bond donors (Lipinski definition) is 0. The van der Waals surface area contributed by atoms with E-state index in [-0.39, 0.29) is 6.04 Å². The first-order valence-corrected chi connectivity index (χ1v) is 6.78. The molecular weight excluding hydrogens is 308 g/mol. The molecule has 100 valence electrons. The fourth-order valence-corrected chi connectivity index (χ4v) is 2.51. The lowest BCUT2D eigenvalue weighted by atomic mass is 10.1. The van der Waals surface area contributed by atoms with E-state index in [2.05, 4.69) is 21.1 Å². The van der Waals surface area contributed by atoms with Crippen LogP contribution in [0.25, 0.3) is 0 Å². The van der Waals surface area contributed by atoms with Gasteiger partial charge in [0.1, 0.15) is 12.0 Å². The number of carbonyl (C=O) groups is 1. The van der Waals surface area contributed by atoms with Crippen molar-refractivity contribution in [2.75, 3.05) is 0 Å². The standard InChI is InChI=1S/C14H15BrN2O2/c1-10-8-19-16-14(10)7-17(9-18)11(2)12-5-3-4-6-13(12)15/h3-6,8-9,11H,7H2,1-2H3. The molecule has 0 N–H and O–H groups in total. The highest BCUT2D eigenvalue weighted by Crippen LogP contribution is 2.27. The normalized spacial score (nSPS) is 12.2. The predicted molar refractivity (Wildman–Crippen MR) is 75.4 cm³/mol. The van der Waals surface area contributed by atoms with Crippen molar-refractivity contribution in [2.45, 2.75) is 26.4 Å². The van der Waals surface area contributed by atoms with Gasteiger partial charge in [-0.05, 0) is 25.5 Å². The number of aromatic nitrogens is 1. The van der Waals surface area contributed by atoms with Crippen molar-refractivity contribution >= 4 is 22.3 Å². The molecule has 2 aromatic rings. The van der Waals surface area contributed by atoms with E-state index >= 15 is 0 Å². The smallest absolute Gasteiger partial charge is 0.210 e. The van der Waals surface area contributed by atoms with Gasteiger partial charge in [0, 0.05) is 10.0 Å². The summed E-state index contributed by atoms with van der Waals surface area (Å²) in [5.74, 6) is 0. The Hall–Kier alpha value is -1.62. The van der Waals surface area contributed by atoms with Gasteiger partial charge in [-0.2, -0.15) is 0 Å². The van der Waals surface area contributed by atoms with Crippen molar-refractivity contribution in [3.8, 4) is 0 Å². The third kappa shape index (κ3) is 3.04. The summed E-state index contributed by atoms with van der Waals surface area (Å²) < 4.78 is 5.89. The zero-order chi connectivity index (χ0) is 13.8. The zero-order valence-electron chi connectivity index (χ0n) is 10.8. The summed E-state index contributed by atoms with van der Waals surface area (Å²) in [4.78, 5) is 13.0. The highest BCUT2D eigenvalue weighted by Gasteiger charge is 2.18. The molecule has 0 fully saturated rings. The summed E-state index contributed by atoms with van der Waals surface area (Å²) >= 11 is 3.51. The SMILES string of the molecule is Cc1conc1CN(C=O)C(C)c1ccccc1Br. The number of aryl methyl sites for hydroxylation is 1. The first kappa shape index (κ1) is 13.8. The van der Waals surface area contributed by atoms with E-state index in [1.54, 1.807) is 11.2 Å². The Morgan fingerprint density at radius 1 is 1.47 bits per heavy atom. The van der Waals surface area contributed by atoms with Gasteiger partial charge in [-0.15, -0.1) is 0 Å². The second kappa shape index (κ2) is 6.02. The van der Waals surface area contributed by atoms with Gasteiger partial charge in [0.2, 0.25) is 6.41 Å². The van der Waals surface area contributed by atoms with Gasteiger partial charge in [0.15, 0.2) is 0 Å². The topological polar surface area (TPSA) is 46.3 Å². The van der Waals surface area contributed by atoms with Crippen LogP contribution in [-0.4, -0.2) is 16.5 Å². The van der Waals surface area contributed by atoms with Crippen LogP contribution in [0.5, 0.6) is 0 Å². The molecule has 1 aromatic heterocycles. The van der Waals surface area contributed by atoms with Crippen LogP contribution in [0.2, 0.25) is 0 Å². The fraction of sp³-hybridized carbons (Fsp3) is 0.286. The third-order valence-corrected chi connectivity index (χ3v) is 3.89. The Labute approximate surface area is 120 Å². The summed E-state index contributed by atoms with van der Waals surface area (Å²) in [6.45, 7) is 4.34. The molecular formula is C14H15BrN2O2. The second-order valence-corrected chi connectivity index (χ2v) is 5.27. The lowest BCUT2D eigenvalue weighted by Gasteiger charge is -2.25. The van der Waals surface area contributed by atoms with E-state index in [1.807, 2.05) is 38.1 Å². The molecule has 19 heavy (non-hydrogen) atoms. The quantitative estimate of drug-likeness (QED) is 0.792. The van der Waals surface area contributed by atoms with Gasteiger partial charge < -0.3 is 9.42 Å². The second-order valence-electron chi connectivity index (χ2n) is 4.42. The first-order chi connectivity index (χ1) is 9.13. The Morgan fingerprint density at radius 2 is 2.21 bits per heavy atom. The maximum atomic E-state index is 11.3. The van der Waals surface area contributed by atoms with Gasteiger partial charge in [0.05, 0.1) is 12.6 Å². The van der Waals surface area contributed by atoms with Crippen LogP contribution in [0, 0.1) is 6.92 Å². The van der Waals surface area contributed by atoms with Crippen LogP contribution in [0.4, 0.5) is 0 Å². The molecule has 0 aliphatic carbocycles. The molecule has 0 saturated carbocycles. The Morgan fingerprint density at radius 3 is 2.79 bits per heavy atom. The van der Waals surface area contributed by atoms with E-state index < -0.39 is 0 Å². The number of amides is 1. The highest BCUT2D eigenvalue weighted by molar-refractivity contribution is 9.10. The largest absolute Gasteiger partial charge is 0.364 e. The van der Waals surface area contributed by atoms with E-state index in [4.69, 9.17) is 4.52 Å². The first-order valence-electron chi connectivity index (χ1n) is 5.98. The van der Waals surface area contributed by atoms with Gasteiger partial charge in [-0.3, -0.25) is 4.79 Å². The van der Waals surface area contributed by atoms with Crippen LogP contribution >= 0.6 is 15.9 Å². The van der Waals surface area contributed by atoms with Crippen molar-refractivity contribution in [3.63, 3.8) is 0 Å². The number of hydrogen-bond acceptors (Lipinski definition) is 3. The van der Waals surface area contributed by atoms with Crippen molar-refractivity contribution in [2.24, 2.45) is 0 Å². The number of carbonyl (C=O) groups excluding carboxylic acids is 1. The molecule has 0 spiro atoms. The summed E-state index contributed by atoms with van der Waals surface area (Å²) in [6, 6.07) is 7.84. The molecule has 2 rings (SSSR count). The molecule has 0 radical (unpaired) electrons. The molecule has 0 saturated heterocycles. The fourth-order valence-electron chi connectivity index (χ4n) is 1.89. The average molecular weight is 323 g/mol. The van der Waals surface area contributed by atoms with Crippen LogP contribution < -0.4 is 0 Å². The van der Waals surface area contributed by atoms with E-state index in [1.165, 1.54) is 0 Å². The summed E-state index contributed by atoms with van der Waals surface area (Å²) in [5, 5.41) is 3.91. The lowest BCUT2D eigenvalue weighted by Crippen LogP contribution is -2.25. The van der Waals surface area contributed by atoms with Gasteiger partial charge >= 0.3 is 0 Å². The van der Waals surface area contributed by atoms with Crippen LogP contribution in [0.15, 0.2) is 39.5 Å². The average Bonchev–Trinajstić information content (AvgIpc) is 2.81. The van der Waals surface area contributed by atoms with Crippen LogP contribution in [-0.2, 0) is 11.3 Å². The molecule has 1 unspecified atom stereocenters. The maximum Gasteiger partial charge on any atom is 0.210 e. The van der Waals surface area contributed by atoms with E-state index in [9.17, 15) is 4.79 Å². The lowest BCUT2D eigenvalue weighted by molar-refractivity contribution is -0.120. The number of halogens is 1. The van der Waals surface area contributed by atoms with Crippen molar-refractivity contribution < 1.29 is 9.32 Å². The summed E-state index contributed by atoms with van der Waals surface area (Å²) in [5.41, 5.74) is 2.80. The number of benzene rings is 1. The minimum absolute atomic E-state index is 0.0378. The molecule has 1 atom stereocenters. The molecule has 0 aliphatic heterocycles. The zero-order valence-corrected chi connectivity index (χ0v) is 12.4. The Bertz CT molecular complexity index is 568. The highest BCUT2D eigenvalue weighted by atomic mass is 79.9. The van der Waals surface area contributed by atoms with Gasteiger partial charge in [-0.1, -0.05) is 39.3 Å². The van der Waals surface area contributed by atoms with Crippen LogP contribution in [0.3, 0.4) is 0 Å². The predicted octanol–water partition coefficient (Wildman–Crippen LogP) is 3.47. The molecule has 1 amide bonds. The van der Waals surface area contributed by atoms with E-state index in [0.717, 1.165) is 27.7 Å². The summed E-state index contributed by atoms with van der Waals surface area (Å²) in [6.07, 6.45) is 2.43. The summed E-state index contributed by atoms with van der Waals surface area (Å²) in [7, 11) is 0. The molecule has 1 heterocycles. The minimum Gasteiger partial charge on any atom is -0.364 e. The molecule has 4 nitrogen and oxygen atoms in total. The van der Waals surface area contributed by atoms with E-state index in [0.29, 0.717) is 6.54 Å². The van der Waals surface area contributed by atoms with Crippen LogP contribution in [0.1, 0.15) is 29.8 Å². The van der Waals surface area contributed by atoms with Crippen molar-refractivity contribution in [1.29, 1.82) is 0 Å². The number of rotatable bonds is 5. The maximum absolute atomic E-state index is 11.3. The monoisotopic (exact) mass is 322 g/mol. The molecule has 0 bridgehead atoms. The van der Waals surface area contributed by atoms with Crippen molar-refractivity contribution in [3.05, 3.63) is 51.8 Å². The van der Waals surface area contributed by atoms with Gasteiger partial charge in [-0.25, -0.2) is 0 Å². The Balaban J connectivity index is 2.20. The molecule has 5 heteroatoms. The number of nitrogens with zero attached hydrogens (tertiary/aromatic N) is 2. The van der Waals surface area contributed by atoms with Gasteiger partial charge in [0.25, 0.3) is 0 Å². The molecule has 0 aliphatic rings. The minimum atomic E-state index is -0.0378. The third-order valence-electron chi connectivity index (χ3n) is 3.17.